The van der Waals surface area contributed by atoms with E-state index in [-0.39, 0.29) is 5.82 Å². The number of halogens is 1. The highest BCUT2D eigenvalue weighted by Crippen LogP contribution is 2.26. The van der Waals surface area contributed by atoms with Crippen LogP contribution >= 0.6 is 0 Å². The van der Waals surface area contributed by atoms with E-state index >= 15 is 0 Å². The fourth-order valence-corrected chi connectivity index (χ4v) is 3.19. The number of piperidine rings is 1. The fraction of sp³-hybridized carbons (Fsp3) is 0.500. The van der Waals surface area contributed by atoms with E-state index in [4.69, 9.17) is 4.74 Å². The molecule has 0 spiro atoms. The van der Waals surface area contributed by atoms with Crippen LogP contribution in [-0.4, -0.2) is 40.7 Å². The fourth-order valence-electron chi connectivity index (χ4n) is 3.19. The lowest BCUT2D eigenvalue weighted by molar-refractivity contribution is 0.170. The summed E-state index contributed by atoms with van der Waals surface area (Å²) in [5.74, 6) is 2.30. The molecule has 23 heavy (non-hydrogen) atoms. The molecule has 2 aromatic rings. The van der Waals surface area contributed by atoms with E-state index in [1.807, 2.05) is 6.20 Å². The summed E-state index contributed by atoms with van der Waals surface area (Å²) in [6.45, 7) is 6.85. The Morgan fingerprint density at radius 3 is 2.65 bits per heavy atom. The highest BCUT2D eigenvalue weighted by molar-refractivity contribution is 5.22. The minimum atomic E-state index is -0.232. The van der Waals surface area contributed by atoms with Crippen LogP contribution in [0.1, 0.15) is 31.5 Å². The molecule has 124 valence electrons. The molecule has 0 amide bonds. The first-order chi connectivity index (χ1) is 11.3. The van der Waals surface area contributed by atoms with Crippen molar-refractivity contribution in [2.45, 2.75) is 32.2 Å². The Balaban J connectivity index is 1.42. The summed E-state index contributed by atoms with van der Waals surface area (Å²) in [6, 6.07) is 6.20. The molecule has 0 bridgehead atoms. The van der Waals surface area contributed by atoms with Crippen LogP contribution < -0.4 is 4.74 Å². The van der Waals surface area contributed by atoms with E-state index in [0.717, 1.165) is 44.8 Å². The lowest BCUT2D eigenvalue weighted by Crippen LogP contribution is -2.36. The van der Waals surface area contributed by atoms with Crippen molar-refractivity contribution >= 4 is 0 Å². The van der Waals surface area contributed by atoms with Crippen molar-refractivity contribution in [1.82, 2.24) is 14.5 Å². The van der Waals surface area contributed by atoms with Crippen molar-refractivity contribution in [3.8, 4) is 5.75 Å². The summed E-state index contributed by atoms with van der Waals surface area (Å²) in [5.41, 5.74) is 0. The van der Waals surface area contributed by atoms with E-state index in [2.05, 4.69) is 27.6 Å². The largest absolute Gasteiger partial charge is 0.492 e. The Bertz CT molecular complexity index is 603. The Morgan fingerprint density at radius 2 is 1.96 bits per heavy atom. The maximum Gasteiger partial charge on any atom is 0.123 e. The number of benzene rings is 1. The smallest absolute Gasteiger partial charge is 0.123 e. The van der Waals surface area contributed by atoms with E-state index in [1.54, 1.807) is 12.1 Å². The van der Waals surface area contributed by atoms with Gasteiger partial charge in [-0.05, 0) is 57.1 Å². The van der Waals surface area contributed by atoms with E-state index in [9.17, 15) is 4.39 Å². The van der Waals surface area contributed by atoms with Crippen molar-refractivity contribution < 1.29 is 9.13 Å². The van der Waals surface area contributed by atoms with Crippen LogP contribution in [0, 0.1) is 5.82 Å². The zero-order valence-corrected chi connectivity index (χ0v) is 13.6. The predicted molar refractivity (Wildman–Crippen MR) is 88.2 cm³/mol. The summed E-state index contributed by atoms with van der Waals surface area (Å²) >= 11 is 0. The third kappa shape index (κ3) is 4.10. The van der Waals surface area contributed by atoms with Gasteiger partial charge in [-0.15, -0.1) is 0 Å². The van der Waals surface area contributed by atoms with Crippen molar-refractivity contribution in [1.29, 1.82) is 0 Å². The molecule has 1 aliphatic rings. The summed E-state index contributed by atoms with van der Waals surface area (Å²) in [7, 11) is 0. The number of aromatic nitrogens is 2. The van der Waals surface area contributed by atoms with Crippen molar-refractivity contribution in [2.24, 2.45) is 0 Å². The highest BCUT2D eigenvalue weighted by atomic mass is 19.1. The van der Waals surface area contributed by atoms with E-state index in [0.29, 0.717) is 12.5 Å². The quantitative estimate of drug-likeness (QED) is 0.819. The zero-order chi connectivity index (χ0) is 16.1. The summed E-state index contributed by atoms with van der Waals surface area (Å²) in [4.78, 5) is 6.96. The number of imidazole rings is 1. The molecule has 0 aliphatic carbocycles. The lowest BCUT2D eigenvalue weighted by Gasteiger charge is -2.31. The van der Waals surface area contributed by atoms with Gasteiger partial charge in [0.2, 0.25) is 0 Å². The van der Waals surface area contributed by atoms with Crippen LogP contribution in [-0.2, 0) is 6.54 Å². The average molecular weight is 317 g/mol. The van der Waals surface area contributed by atoms with Crippen molar-refractivity contribution in [2.75, 3.05) is 26.2 Å². The minimum absolute atomic E-state index is 0.232. The maximum absolute atomic E-state index is 12.8. The molecule has 5 heteroatoms. The first-order valence-corrected chi connectivity index (χ1v) is 8.38. The molecular formula is C18H24FN3O. The Hall–Kier alpha value is -1.88. The number of hydrogen-bond acceptors (Lipinski definition) is 3. The lowest BCUT2D eigenvalue weighted by atomic mass is 9.96. The van der Waals surface area contributed by atoms with Crippen LogP contribution in [0.4, 0.5) is 4.39 Å². The molecule has 4 nitrogen and oxygen atoms in total. The van der Waals surface area contributed by atoms with Gasteiger partial charge >= 0.3 is 0 Å². The number of hydrogen-bond donors (Lipinski definition) is 0. The molecule has 0 saturated carbocycles. The Labute approximate surface area is 136 Å². The third-order valence-corrected chi connectivity index (χ3v) is 4.53. The van der Waals surface area contributed by atoms with Gasteiger partial charge in [0.25, 0.3) is 0 Å². The second-order valence-corrected chi connectivity index (χ2v) is 5.99. The van der Waals surface area contributed by atoms with Crippen LogP contribution in [0.15, 0.2) is 36.7 Å². The molecule has 1 aromatic carbocycles. The minimum Gasteiger partial charge on any atom is -0.492 e. The standard InChI is InChI=1S/C18H24FN3O/c1-2-22-12-9-20-18(22)15-7-10-21(11-8-15)13-14-23-17-5-3-16(19)4-6-17/h3-6,9,12,15H,2,7-8,10-11,13-14H2,1H3. The molecular weight excluding hydrogens is 293 g/mol. The van der Waals surface area contributed by atoms with Gasteiger partial charge in [0.05, 0.1) is 0 Å². The van der Waals surface area contributed by atoms with Crippen LogP contribution in [0.3, 0.4) is 0 Å². The summed E-state index contributed by atoms with van der Waals surface area (Å²) in [6.07, 6.45) is 6.26. The number of nitrogens with zero attached hydrogens (tertiary/aromatic N) is 3. The highest BCUT2D eigenvalue weighted by Gasteiger charge is 2.23. The average Bonchev–Trinajstić information content (AvgIpc) is 3.06. The van der Waals surface area contributed by atoms with Gasteiger partial charge in [0, 0.05) is 31.4 Å². The normalized spacial score (nSPS) is 16.6. The first-order valence-electron chi connectivity index (χ1n) is 8.38. The van der Waals surface area contributed by atoms with Crippen LogP contribution in [0.5, 0.6) is 5.75 Å². The second kappa shape index (κ2) is 7.59. The van der Waals surface area contributed by atoms with E-state index in [1.165, 1.54) is 18.0 Å². The van der Waals surface area contributed by atoms with Crippen molar-refractivity contribution in [3.63, 3.8) is 0 Å². The van der Waals surface area contributed by atoms with Gasteiger partial charge in [-0.2, -0.15) is 0 Å². The number of aryl methyl sites for hydroxylation is 1. The third-order valence-electron chi connectivity index (χ3n) is 4.53. The molecule has 1 saturated heterocycles. The van der Waals surface area contributed by atoms with Crippen molar-refractivity contribution in [3.05, 3.63) is 48.3 Å². The Kier molecular flexibility index (Phi) is 5.28. The molecule has 0 N–H and O–H groups in total. The monoisotopic (exact) mass is 317 g/mol. The SMILES string of the molecule is CCn1ccnc1C1CCN(CCOc2ccc(F)cc2)CC1. The number of ether oxygens (including phenoxy) is 1. The molecule has 1 aromatic heterocycles. The summed E-state index contributed by atoms with van der Waals surface area (Å²) < 4.78 is 20.8. The summed E-state index contributed by atoms with van der Waals surface area (Å²) in [5, 5.41) is 0. The molecule has 1 aliphatic heterocycles. The molecule has 2 heterocycles. The van der Waals surface area contributed by atoms with Gasteiger partial charge in [0.1, 0.15) is 24.0 Å². The molecule has 0 atom stereocenters. The maximum atomic E-state index is 12.8. The van der Waals surface area contributed by atoms with Crippen LogP contribution in [0.25, 0.3) is 0 Å². The Morgan fingerprint density at radius 1 is 1.22 bits per heavy atom. The molecule has 1 fully saturated rings. The van der Waals surface area contributed by atoms with E-state index < -0.39 is 0 Å². The van der Waals surface area contributed by atoms with Gasteiger partial charge in [0.15, 0.2) is 0 Å². The topological polar surface area (TPSA) is 30.3 Å². The second-order valence-electron chi connectivity index (χ2n) is 5.99. The molecule has 3 rings (SSSR count). The van der Waals surface area contributed by atoms with Crippen LogP contribution in [0.2, 0.25) is 0 Å². The predicted octanol–water partition coefficient (Wildman–Crippen LogP) is 3.30. The van der Waals surface area contributed by atoms with Gasteiger partial charge in [-0.3, -0.25) is 4.90 Å². The molecule has 0 radical (unpaired) electrons. The zero-order valence-electron chi connectivity index (χ0n) is 13.6. The number of likely N-dealkylation sites (tertiary alicyclic amines) is 1. The molecule has 0 unspecified atom stereocenters. The van der Waals surface area contributed by atoms with Gasteiger partial charge in [-0.1, -0.05) is 0 Å². The number of rotatable bonds is 6. The van der Waals surface area contributed by atoms with Gasteiger partial charge in [-0.25, -0.2) is 9.37 Å². The first kappa shape index (κ1) is 16.0. The van der Waals surface area contributed by atoms with Gasteiger partial charge < -0.3 is 9.30 Å².